The Morgan fingerprint density at radius 1 is 0.897 bits per heavy atom. The molecule has 2 aromatic rings. The third-order valence-corrected chi connectivity index (χ3v) is 7.08. The molecule has 0 radical (unpaired) electrons. The van der Waals surface area contributed by atoms with Crippen LogP contribution < -0.4 is 4.90 Å². The Bertz CT molecular complexity index is 1130. The van der Waals surface area contributed by atoms with Crippen LogP contribution >= 0.6 is 0 Å². The number of nitrogens with zero attached hydrogens (tertiary/aromatic N) is 1. The normalized spacial score (nSPS) is 16.6. The lowest BCUT2D eigenvalue weighted by Crippen LogP contribution is -2.24. The Morgan fingerprint density at radius 2 is 1.56 bits per heavy atom. The summed E-state index contributed by atoms with van der Waals surface area (Å²) in [5.41, 5.74) is 3.17. The first-order valence-electron chi connectivity index (χ1n) is 13.6. The summed E-state index contributed by atoms with van der Waals surface area (Å²) in [5.74, 6) is -0.345. The molecule has 7 nitrogen and oxygen atoms in total. The first kappa shape index (κ1) is 29.8. The molecule has 1 unspecified atom stereocenters. The van der Waals surface area contributed by atoms with Gasteiger partial charge in [0.15, 0.2) is 6.23 Å². The van der Waals surface area contributed by atoms with Gasteiger partial charge in [0.2, 0.25) is 0 Å². The Labute approximate surface area is 231 Å². The van der Waals surface area contributed by atoms with Crippen molar-refractivity contribution in [3.05, 3.63) is 77.4 Å². The van der Waals surface area contributed by atoms with Gasteiger partial charge in [-0.1, -0.05) is 55.7 Å². The van der Waals surface area contributed by atoms with Crippen molar-refractivity contribution in [2.45, 2.75) is 63.7 Å². The minimum absolute atomic E-state index is 0.0691. The molecule has 0 aromatic heterocycles. The van der Waals surface area contributed by atoms with E-state index in [1.54, 1.807) is 24.1 Å². The van der Waals surface area contributed by atoms with E-state index in [0.717, 1.165) is 55.2 Å². The van der Waals surface area contributed by atoms with E-state index in [2.05, 4.69) is 4.74 Å². The molecule has 1 N–H and O–H groups in total. The fourth-order valence-corrected chi connectivity index (χ4v) is 4.35. The van der Waals surface area contributed by atoms with Crippen molar-refractivity contribution in [2.75, 3.05) is 19.1 Å². The van der Waals surface area contributed by atoms with Crippen molar-refractivity contribution >= 4 is 36.1 Å². The SMILES string of the molecule is COC(=O)/C=C/c1cccc(N(C)C(O)c2ccc(/C=C/C(=O)OC3CCC3)cc2)c1.O=CC1CCCCC1. The summed E-state index contributed by atoms with van der Waals surface area (Å²) < 4.78 is 9.90. The van der Waals surface area contributed by atoms with Gasteiger partial charge < -0.3 is 24.3 Å². The molecule has 0 aliphatic heterocycles. The van der Waals surface area contributed by atoms with Crippen LogP contribution in [0, 0.1) is 5.92 Å². The lowest BCUT2D eigenvalue weighted by molar-refractivity contribution is -0.146. The van der Waals surface area contributed by atoms with Gasteiger partial charge in [-0.2, -0.15) is 0 Å². The Kier molecular flexibility index (Phi) is 12.0. The van der Waals surface area contributed by atoms with Gasteiger partial charge in [0.05, 0.1) is 7.11 Å². The van der Waals surface area contributed by atoms with Gasteiger partial charge in [-0.3, -0.25) is 0 Å². The lowest BCUT2D eigenvalue weighted by atomic mass is 9.91. The van der Waals surface area contributed by atoms with Gasteiger partial charge in [-0.05, 0) is 67.5 Å². The van der Waals surface area contributed by atoms with E-state index in [1.807, 2.05) is 48.5 Å². The molecule has 0 saturated heterocycles. The summed E-state index contributed by atoms with van der Waals surface area (Å²) in [6, 6.07) is 14.8. The number of esters is 2. The molecule has 4 rings (SSSR count). The van der Waals surface area contributed by atoms with Crippen LogP contribution in [0.1, 0.15) is 74.3 Å². The molecule has 7 heteroatoms. The second-order valence-corrected chi connectivity index (χ2v) is 9.96. The van der Waals surface area contributed by atoms with E-state index in [1.165, 1.54) is 38.5 Å². The average molecular weight is 534 g/mol. The first-order valence-corrected chi connectivity index (χ1v) is 13.6. The average Bonchev–Trinajstić information content (AvgIpc) is 2.97. The van der Waals surface area contributed by atoms with Crippen LogP contribution in [0.5, 0.6) is 0 Å². The maximum absolute atomic E-state index is 11.8. The minimum atomic E-state index is -0.860. The molecule has 0 spiro atoms. The summed E-state index contributed by atoms with van der Waals surface area (Å²) in [7, 11) is 3.12. The first-order chi connectivity index (χ1) is 18.9. The second kappa shape index (κ2) is 15.6. The molecule has 2 aromatic carbocycles. The maximum atomic E-state index is 11.8. The highest BCUT2D eigenvalue weighted by Crippen LogP contribution is 2.26. The zero-order valence-corrected chi connectivity index (χ0v) is 22.8. The molecule has 2 saturated carbocycles. The zero-order valence-electron chi connectivity index (χ0n) is 22.8. The Hall–Kier alpha value is -3.71. The summed E-state index contributed by atoms with van der Waals surface area (Å²) in [6.45, 7) is 0. The van der Waals surface area contributed by atoms with Crippen LogP contribution in [0.4, 0.5) is 5.69 Å². The fraction of sp³-hybridized carbons (Fsp3) is 0.406. The Balaban J connectivity index is 0.000000449. The topological polar surface area (TPSA) is 93.1 Å². The highest BCUT2D eigenvalue weighted by Gasteiger charge is 2.20. The van der Waals surface area contributed by atoms with Crippen LogP contribution in [0.2, 0.25) is 0 Å². The molecule has 2 aliphatic rings. The molecule has 2 aliphatic carbocycles. The number of rotatable bonds is 9. The van der Waals surface area contributed by atoms with Gasteiger partial charge in [-0.25, -0.2) is 9.59 Å². The summed E-state index contributed by atoms with van der Waals surface area (Å²) in [6.07, 6.45) is 15.6. The van der Waals surface area contributed by atoms with Crippen LogP contribution in [0.3, 0.4) is 0 Å². The van der Waals surface area contributed by atoms with Gasteiger partial charge in [0, 0.05) is 36.4 Å². The van der Waals surface area contributed by atoms with Crippen molar-refractivity contribution in [1.29, 1.82) is 0 Å². The standard InChI is InChI=1S/C25H27NO5.C7H12O/c1-26(21-6-3-5-19(17-21)12-15-23(27)30-2)25(29)20-13-9-18(10-14-20)11-16-24(28)31-22-7-4-8-22;8-6-7-4-2-1-3-5-7/h3,5-6,9-17,22,25,29H,4,7-8H2,1-2H3;6-7H,1-5H2/b15-12+,16-11+;. The number of benzene rings is 2. The molecule has 1 atom stereocenters. The number of ether oxygens (including phenoxy) is 2. The second-order valence-electron chi connectivity index (χ2n) is 9.96. The predicted octanol–water partition coefficient (Wildman–Crippen LogP) is 5.87. The third-order valence-electron chi connectivity index (χ3n) is 7.08. The molecule has 0 amide bonds. The third kappa shape index (κ3) is 9.84. The summed E-state index contributed by atoms with van der Waals surface area (Å²) >= 11 is 0. The number of aliphatic hydroxyl groups excluding tert-OH is 1. The number of anilines is 1. The van der Waals surface area contributed by atoms with Crippen molar-refractivity contribution in [3.8, 4) is 0 Å². The van der Waals surface area contributed by atoms with E-state index in [0.29, 0.717) is 11.5 Å². The molecular formula is C32H39NO6. The van der Waals surface area contributed by atoms with Gasteiger partial charge in [0.25, 0.3) is 0 Å². The molecule has 0 bridgehead atoms. The van der Waals surface area contributed by atoms with Gasteiger partial charge in [0.1, 0.15) is 12.4 Å². The van der Waals surface area contributed by atoms with Crippen molar-refractivity contribution in [3.63, 3.8) is 0 Å². The van der Waals surface area contributed by atoms with E-state index < -0.39 is 12.2 Å². The number of carbonyl (C=O) groups is 3. The van der Waals surface area contributed by atoms with E-state index in [-0.39, 0.29) is 12.1 Å². The molecular weight excluding hydrogens is 494 g/mol. The van der Waals surface area contributed by atoms with E-state index in [9.17, 15) is 19.5 Å². The van der Waals surface area contributed by atoms with Crippen molar-refractivity contribution < 1.29 is 29.0 Å². The quantitative estimate of drug-likeness (QED) is 0.186. The number of carbonyl (C=O) groups excluding carboxylic acids is 3. The van der Waals surface area contributed by atoms with Gasteiger partial charge in [-0.15, -0.1) is 0 Å². The fourth-order valence-electron chi connectivity index (χ4n) is 4.35. The Morgan fingerprint density at radius 3 is 2.15 bits per heavy atom. The van der Waals surface area contributed by atoms with Crippen LogP contribution in [0.15, 0.2) is 60.7 Å². The monoisotopic (exact) mass is 533 g/mol. The van der Waals surface area contributed by atoms with Crippen molar-refractivity contribution in [1.82, 2.24) is 0 Å². The molecule has 39 heavy (non-hydrogen) atoms. The van der Waals surface area contributed by atoms with Crippen LogP contribution in [-0.4, -0.2) is 43.6 Å². The van der Waals surface area contributed by atoms with Crippen molar-refractivity contribution in [2.24, 2.45) is 5.92 Å². The molecule has 208 valence electrons. The number of aliphatic hydroxyl groups is 1. The van der Waals surface area contributed by atoms with E-state index >= 15 is 0 Å². The van der Waals surface area contributed by atoms with Crippen LogP contribution in [0.25, 0.3) is 12.2 Å². The zero-order chi connectivity index (χ0) is 28.0. The highest BCUT2D eigenvalue weighted by molar-refractivity contribution is 5.87. The van der Waals surface area contributed by atoms with Gasteiger partial charge >= 0.3 is 11.9 Å². The van der Waals surface area contributed by atoms with E-state index in [4.69, 9.17) is 4.74 Å². The predicted molar refractivity (Wildman–Crippen MR) is 153 cm³/mol. The smallest absolute Gasteiger partial charge is 0.331 e. The number of aldehydes is 1. The summed E-state index contributed by atoms with van der Waals surface area (Å²) in [5, 5.41) is 10.8. The maximum Gasteiger partial charge on any atom is 0.331 e. The largest absolute Gasteiger partial charge is 0.466 e. The number of hydrogen-bond donors (Lipinski definition) is 1. The lowest BCUT2D eigenvalue weighted by Gasteiger charge is -2.26. The molecule has 0 heterocycles. The minimum Gasteiger partial charge on any atom is -0.466 e. The number of methoxy groups -OCH3 is 1. The number of hydrogen-bond acceptors (Lipinski definition) is 7. The summed E-state index contributed by atoms with van der Waals surface area (Å²) in [4.78, 5) is 35.0. The van der Waals surface area contributed by atoms with Crippen LogP contribution in [-0.2, 0) is 23.9 Å². The molecule has 2 fully saturated rings. The highest BCUT2D eigenvalue weighted by atomic mass is 16.5.